The van der Waals surface area contributed by atoms with Crippen LogP contribution in [0.5, 0.6) is 0 Å². The molecule has 3 rings (SSSR count). The zero-order valence-electron chi connectivity index (χ0n) is 13.1. The molecular weight excluding hydrogens is 293 g/mol. The molecule has 0 saturated carbocycles. The molecule has 0 saturated heterocycles. The van der Waals surface area contributed by atoms with Crippen LogP contribution in [0.2, 0.25) is 0 Å². The maximum atomic E-state index is 13.9. The van der Waals surface area contributed by atoms with E-state index in [0.29, 0.717) is 12.0 Å². The lowest BCUT2D eigenvalue weighted by atomic mass is 9.85. The van der Waals surface area contributed by atoms with Crippen LogP contribution in [0.4, 0.5) is 4.39 Å². The first-order valence-corrected chi connectivity index (χ1v) is 7.59. The molecule has 0 amide bonds. The van der Waals surface area contributed by atoms with Crippen LogP contribution < -0.4 is 0 Å². The normalized spacial score (nSPS) is 20.4. The van der Waals surface area contributed by atoms with Crippen molar-refractivity contribution in [1.82, 2.24) is 4.98 Å². The first-order chi connectivity index (χ1) is 11.0. The van der Waals surface area contributed by atoms with Crippen LogP contribution in [0.1, 0.15) is 34.7 Å². The van der Waals surface area contributed by atoms with Gasteiger partial charge in [0.15, 0.2) is 0 Å². The molecule has 0 bridgehead atoms. The van der Waals surface area contributed by atoms with Gasteiger partial charge in [-0.25, -0.2) is 4.39 Å². The van der Waals surface area contributed by atoms with E-state index in [-0.39, 0.29) is 11.7 Å². The lowest BCUT2D eigenvalue weighted by molar-refractivity contribution is -0.140. The summed E-state index contributed by atoms with van der Waals surface area (Å²) in [6.07, 6.45) is 4.09. The smallest absolute Gasteiger partial charge is 0.311 e. The van der Waals surface area contributed by atoms with E-state index in [2.05, 4.69) is 4.98 Å². The zero-order valence-corrected chi connectivity index (χ0v) is 13.1. The fourth-order valence-electron chi connectivity index (χ4n) is 3.36. The van der Waals surface area contributed by atoms with E-state index < -0.39 is 11.9 Å². The van der Waals surface area contributed by atoms with Gasteiger partial charge in [0.05, 0.1) is 5.92 Å². The van der Waals surface area contributed by atoms with Crippen molar-refractivity contribution in [3.8, 4) is 0 Å². The average Bonchev–Trinajstić information content (AvgIpc) is 2.95. The summed E-state index contributed by atoms with van der Waals surface area (Å²) < 4.78 is 13.9. The second-order valence-electron chi connectivity index (χ2n) is 5.96. The van der Waals surface area contributed by atoms with E-state index in [9.17, 15) is 14.3 Å². The van der Waals surface area contributed by atoms with Crippen molar-refractivity contribution in [3.63, 3.8) is 0 Å². The summed E-state index contributed by atoms with van der Waals surface area (Å²) >= 11 is 0. The Balaban J connectivity index is 2.03. The predicted molar refractivity (Wildman–Crippen MR) is 86.6 cm³/mol. The van der Waals surface area contributed by atoms with Gasteiger partial charge < -0.3 is 5.11 Å². The topological polar surface area (TPSA) is 50.2 Å². The number of nitrogens with zero attached hydrogens (tertiary/aromatic N) is 1. The number of hydrogen-bond acceptors (Lipinski definition) is 2. The maximum absolute atomic E-state index is 13.9. The number of carboxylic acids is 1. The highest BCUT2D eigenvalue weighted by atomic mass is 19.1. The van der Waals surface area contributed by atoms with Crippen LogP contribution in [0, 0.1) is 25.6 Å². The number of hydrogen-bond donors (Lipinski definition) is 1. The molecule has 1 aliphatic rings. The van der Waals surface area contributed by atoms with Crippen molar-refractivity contribution in [2.45, 2.75) is 26.2 Å². The molecule has 118 valence electrons. The molecule has 0 radical (unpaired) electrons. The molecule has 0 aliphatic heterocycles. The predicted octanol–water partition coefficient (Wildman–Crippen LogP) is 4.11. The van der Waals surface area contributed by atoms with Gasteiger partial charge in [0.2, 0.25) is 0 Å². The van der Waals surface area contributed by atoms with E-state index >= 15 is 0 Å². The SMILES string of the molecule is Cc1ncccc1C1=CC(C(=O)O)C(c2cccc(F)c2C)C1. The van der Waals surface area contributed by atoms with Crippen molar-refractivity contribution >= 4 is 11.5 Å². The third-order valence-electron chi connectivity index (χ3n) is 4.60. The zero-order chi connectivity index (χ0) is 16.6. The summed E-state index contributed by atoms with van der Waals surface area (Å²) in [5.41, 5.74) is 4.11. The molecular formula is C19H18FNO2. The van der Waals surface area contributed by atoms with Gasteiger partial charge in [-0.1, -0.05) is 24.3 Å². The Kier molecular flexibility index (Phi) is 3.99. The Hall–Kier alpha value is -2.49. The van der Waals surface area contributed by atoms with Gasteiger partial charge in [-0.05, 0) is 54.7 Å². The van der Waals surface area contributed by atoms with Crippen molar-refractivity contribution in [3.05, 3.63) is 70.8 Å². The third kappa shape index (κ3) is 2.77. The van der Waals surface area contributed by atoms with Crippen LogP contribution >= 0.6 is 0 Å². The minimum absolute atomic E-state index is 0.252. The molecule has 3 nitrogen and oxygen atoms in total. The number of pyridine rings is 1. The molecule has 23 heavy (non-hydrogen) atoms. The van der Waals surface area contributed by atoms with Gasteiger partial charge in [-0.15, -0.1) is 0 Å². The number of halogens is 1. The lowest BCUT2D eigenvalue weighted by Gasteiger charge is -2.19. The van der Waals surface area contributed by atoms with Gasteiger partial charge in [0.1, 0.15) is 5.82 Å². The largest absolute Gasteiger partial charge is 0.481 e. The standard InChI is InChI=1S/C19H18FNO2/c1-11-14(5-3-7-18(11)20)16-9-13(10-17(16)19(22)23)15-6-4-8-21-12(15)2/h3-8,10,16-17H,9H2,1-2H3,(H,22,23). The van der Waals surface area contributed by atoms with Crippen LogP contribution in [-0.4, -0.2) is 16.1 Å². The number of carboxylic acid groups (broad SMARTS) is 1. The highest BCUT2D eigenvalue weighted by molar-refractivity contribution is 5.82. The quantitative estimate of drug-likeness (QED) is 0.928. The van der Waals surface area contributed by atoms with E-state index in [0.717, 1.165) is 22.4 Å². The maximum Gasteiger partial charge on any atom is 0.311 e. The molecule has 2 aromatic rings. The van der Waals surface area contributed by atoms with Crippen LogP contribution in [0.25, 0.3) is 5.57 Å². The minimum Gasteiger partial charge on any atom is -0.481 e. The summed E-state index contributed by atoms with van der Waals surface area (Å²) in [6, 6.07) is 8.67. The fourth-order valence-corrected chi connectivity index (χ4v) is 3.36. The first kappa shape index (κ1) is 15.4. The molecule has 0 fully saturated rings. The lowest BCUT2D eigenvalue weighted by Crippen LogP contribution is -2.17. The Morgan fingerprint density at radius 2 is 2.04 bits per heavy atom. The number of benzene rings is 1. The van der Waals surface area contributed by atoms with Crippen molar-refractivity contribution in [1.29, 1.82) is 0 Å². The summed E-state index contributed by atoms with van der Waals surface area (Å²) in [5, 5.41) is 9.59. The minimum atomic E-state index is -0.879. The molecule has 1 N–H and O–H groups in total. The fraction of sp³-hybridized carbons (Fsp3) is 0.263. The number of rotatable bonds is 3. The van der Waals surface area contributed by atoms with E-state index in [1.54, 1.807) is 25.3 Å². The first-order valence-electron chi connectivity index (χ1n) is 7.59. The van der Waals surface area contributed by atoms with Crippen LogP contribution in [-0.2, 0) is 4.79 Å². The van der Waals surface area contributed by atoms with E-state index in [4.69, 9.17) is 0 Å². The van der Waals surface area contributed by atoms with Crippen LogP contribution in [0.15, 0.2) is 42.6 Å². The van der Waals surface area contributed by atoms with E-state index in [1.165, 1.54) is 6.07 Å². The number of aryl methyl sites for hydroxylation is 1. The summed E-state index contributed by atoms with van der Waals surface area (Å²) in [4.78, 5) is 16.0. The number of aliphatic carboxylic acids is 1. The van der Waals surface area contributed by atoms with Gasteiger partial charge >= 0.3 is 5.97 Å². The van der Waals surface area contributed by atoms with Gasteiger partial charge in [-0.2, -0.15) is 0 Å². The number of allylic oxidation sites excluding steroid dienone is 1. The molecule has 1 aromatic heterocycles. The molecule has 1 heterocycles. The molecule has 1 aromatic carbocycles. The Labute approximate surface area is 134 Å². The Morgan fingerprint density at radius 3 is 2.74 bits per heavy atom. The Morgan fingerprint density at radius 1 is 1.26 bits per heavy atom. The molecule has 2 unspecified atom stereocenters. The molecule has 0 spiro atoms. The monoisotopic (exact) mass is 311 g/mol. The van der Waals surface area contributed by atoms with Gasteiger partial charge in [-0.3, -0.25) is 9.78 Å². The van der Waals surface area contributed by atoms with E-state index in [1.807, 2.05) is 25.1 Å². The number of aromatic nitrogens is 1. The third-order valence-corrected chi connectivity index (χ3v) is 4.60. The second-order valence-corrected chi connectivity index (χ2v) is 5.96. The Bertz CT molecular complexity index is 798. The second kappa shape index (κ2) is 5.95. The van der Waals surface area contributed by atoms with Crippen molar-refractivity contribution < 1.29 is 14.3 Å². The van der Waals surface area contributed by atoms with Crippen molar-refractivity contribution in [2.24, 2.45) is 5.92 Å². The highest BCUT2D eigenvalue weighted by Gasteiger charge is 2.35. The molecule has 2 atom stereocenters. The summed E-state index contributed by atoms with van der Waals surface area (Å²) in [6.45, 7) is 3.61. The van der Waals surface area contributed by atoms with Crippen LogP contribution in [0.3, 0.4) is 0 Å². The highest BCUT2D eigenvalue weighted by Crippen LogP contribution is 2.44. The van der Waals surface area contributed by atoms with Gasteiger partial charge in [0.25, 0.3) is 0 Å². The molecule has 1 aliphatic carbocycles. The molecule has 4 heteroatoms. The average molecular weight is 311 g/mol. The van der Waals surface area contributed by atoms with Gasteiger partial charge in [0, 0.05) is 17.8 Å². The summed E-state index contributed by atoms with van der Waals surface area (Å²) in [5.74, 6) is -2.07. The summed E-state index contributed by atoms with van der Waals surface area (Å²) in [7, 11) is 0. The van der Waals surface area contributed by atoms with Crippen molar-refractivity contribution in [2.75, 3.05) is 0 Å². The number of carbonyl (C=O) groups is 1.